The maximum absolute atomic E-state index is 13.0. The molecule has 16 heavy (non-hydrogen) atoms. The van der Waals surface area contributed by atoms with Crippen LogP contribution < -0.4 is 11.1 Å². The maximum atomic E-state index is 13.0. The molecule has 1 aromatic heterocycles. The highest BCUT2D eigenvalue weighted by Crippen LogP contribution is 2.19. The van der Waals surface area contributed by atoms with E-state index in [2.05, 4.69) is 10.3 Å². The summed E-state index contributed by atoms with van der Waals surface area (Å²) in [5.41, 5.74) is 7.70. The van der Waals surface area contributed by atoms with Gasteiger partial charge in [0.1, 0.15) is 5.82 Å². The van der Waals surface area contributed by atoms with Crippen LogP contribution in [0.15, 0.2) is 42.6 Å². The van der Waals surface area contributed by atoms with Crippen LogP contribution >= 0.6 is 0 Å². The van der Waals surface area contributed by atoms with Crippen molar-refractivity contribution >= 4 is 11.4 Å². The van der Waals surface area contributed by atoms with Gasteiger partial charge in [0, 0.05) is 6.20 Å². The molecule has 0 spiro atoms. The molecule has 1 aromatic carbocycles. The zero-order valence-corrected chi connectivity index (χ0v) is 8.65. The molecule has 0 amide bonds. The molecule has 0 aliphatic carbocycles. The van der Waals surface area contributed by atoms with E-state index in [9.17, 15) is 4.39 Å². The van der Waals surface area contributed by atoms with Crippen molar-refractivity contribution in [2.75, 3.05) is 11.1 Å². The van der Waals surface area contributed by atoms with Gasteiger partial charge in [0.15, 0.2) is 0 Å². The van der Waals surface area contributed by atoms with Crippen molar-refractivity contribution in [2.24, 2.45) is 0 Å². The van der Waals surface area contributed by atoms with Gasteiger partial charge in [-0.2, -0.15) is 0 Å². The van der Waals surface area contributed by atoms with Crippen molar-refractivity contribution in [3.8, 4) is 0 Å². The maximum Gasteiger partial charge on any atom is 0.125 e. The van der Waals surface area contributed by atoms with E-state index in [1.54, 1.807) is 6.20 Å². The molecule has 4 heteroatoms. The first-order chi connectivity index (χ1) is 7.75. The number of nitrogens with one attached hydrogen (secondary N) is 1. The summed E-state index contributed by atoms with van der Waals surface area (Å²) < 4.78 is 13.0. The van der Waals surface area contributed by atoms with Gasteiger partial charge in [-0.25, -0.2) is 4.39 Å². The van der Waals surface area contributed by atoms with Crippen LogP contribution in [0.5, 0.6) is 0 Å². The lowest BCUT2D eigenvalue weighted by Gasteiger charge is -2.08. The molecule has 0 atom stereocenters. The molecule has 0 aliphatic heterocycles. The summed E-state index contributed by atoms with van der Waals surface area (Å²) in [5, 5.41) is 3.04. The van der Waals surface area contributed by atoms with Crippen LogP contribution in [0.2, 0.25) is 0 Å². The quantitative estimate of drug-likeness (QED) is 0.776. The Morgan fingerprint density at radius 3 is 2.88 bits per heavy atom. The predicted molar refractivity (Wildman–Crippen MR) is 62.4 cm³/mol. The second kappa shape index (κ2) is 4.61. The Morgan fingerprint density at radius 1 is 1.25 bits per heavy atom. The van der Waals surface area contributed by atoms with Crippen LogP contribution in [0.25, 0.3) is 0 Å². The monoisotopic (exact) mass is 217 g/mol. The lowest BCUT2D eigenvalue weighted by molar-refractivity contribution is 0.628. The third-order valence-corrected chi connectivity index (χ3v) is 2.20. The SMILES string of the molecule is Nc1ccc(F)cc1NCc1ccccn1. The molecule has 2 rings (SSSR count). The van der Waals surface area contributed by atoms with E-state index < -0.39 is 0 Å². The van der Waals surface area contributed by atoms with Gasteiger partial charge in [0.05, 0.1) is 23.6 Å². The topological polar surface area (TPSA) is 50.9 Å². The average molecular weight is 217 g/mol. The van der Waals surface area contributed by atoms with Gasteiger partial charge in [0.2, 0.25) is 0 Å². The van der Waals surface area contributed by atoms with E-state index in [-0.39, 0.29) is 5.82 Å². The van der Waals surface area contributed by atoms with Gasteiger partial charge in [-0.1, -0.05) is 6.07 Å². The number of nitrogen functional groups attached to an aromatic ring is 1. The summed E-state index contributed by atoms with van der Waals surface area (Å²) in [4.78, 5) is 4.15. The second-order valence-corrected chi connectivity index (χ2v) is 3.41. The molecule has 3 N–H and O–H groups in total. The summed E-state index contributed by atoms with van der Waals surface area (Å²) in [5.74, 6) is -0.308. The largest absolute Gasteiger partial charge is 0.397 e. The number of nitrogens with zero attached hydrogens (tertiary/aromatic N) is 1. The van der Waals surface area contributed by atoms with Crippen molar-refractivity contribution in [3.63, 3.8) is 0 Å². The smallest absolute Gasteiger partial charge is 0.125 e. The fraction of sp³-hybridized carbons (Fsp3) is 0.0833. The molecule has 0 fully saturated rings. The van der Waals surface area contributed by atoms with E-state index in [0.717, 1.165) is 5.69 Å². The van der Waals surface area contributed by atoms with Crippen LogP contribution in [-0.2, 0) is 6.54 Å². The van der Waals surface area contributed by atoms with E-state index in [1.165, 1.54) is 18.2 Å². The normalized spacial score (nSPS) is 10.1. The molecular formula is C12H12FN3. The average Bonchev–Trinajstić information content (AvgIpc) is 2.32. The van der Waals surface area contributed by atoms with Crippen LogP contribution in [0.3, 0.4) is 0 Å². The number of aromatic nitrogens is 1. The fourth-order valence-corrected chi connectivity index (χ4v) is 1.37. The Labute approximate surface area is 93.1 Å². The number of benzene rings is 1. The fourth-order valence-electron chi connectivity index (χ4n) is 1.37. The van der Waals surface area contributed by atoms with Crippen molar-refractivity contribution < 1.29 is 4.39 Å². The van der Waals surface area contributed by atoms with E-state index in [0.29, 0.717) is 17.9 Å². The standard InChI is InChI=1S/C12H12FN3/c13-9-4-5-11(14)12(7-9)16-8-10-3-1-2-6-15-10/h1-7,16H,8,14H2. The molecule has 82 valence electrons. The first-order valence-electron chi connectivity index (χ1n) is 4.94. The van der Waals surface area contributed by atoms with Gasteiger partial charge < -0.3 is 11.1 Å². The van der Waals surface area contributed by atoms with Gasteiger partial charge in [-0.05, 0) is 30.3 Å². The Hall–Kier alpha value is -2.10. The van der Waals surface area contributed by atoms with Gasteiger partial charge >= 0.3 is 0 Å². The Balaban J connectivity index is 2.08. The zero-order valence-electron chi connectivity index (χ0n) is 8.65. The number of hydrogen-bond acceptors (Lipinski definition) is 3. The lowest BCUT2D eigenvalue weighted by Crippen LogP contribution is -2.04. The van der Waals surface area contributed by atoms with E-state index in [4.69, 9.17) is 5.73 Å². The summed E-state index contributed by atoms with van der Waals surface area (Å²) >= 11 is 0. The number of pyridine rings is 1. The lowest BCUT2D eigenvalue weighted by atomic mass is 10.2. The molecule has 0 radical (unpaired) electrons. The highest BCUT2D eigenvalue weighted by atomic mass is 19.1. The van der Waals surface area contributed by atoms with Crippen LogP contribution in [0, 0.1) is 5.82 Å². The molecule has 0 bridgehead atoms. The van der Waals surface area contributed by atoms with Crippen LogP contribution in [-0.4, -0.2) is 4.98 Å². The first-order valence-corrected chi connectivity index (χ1v) is 4.94. The molecule has 3 nitrogen and oxygen atoms in total. The van der Waals surface area contributed by atoms with E-state index in [1.807, 2.05) is 18.2 Å². The summed E-state index contributed by atoms with van der Waals surface area (Å²) in [6.07, 6.45) is 1.71. The van der Waals surface area contributed by atoms with Gasteiger partial charge in [-0.15, -0.1) is 0 Å². The third-order valence-electron chi connectivity index (χ3n) is 2.20. The number of rotatable bonds is 3. The highest BCUT2D eigenvalue weighted by Gasteiger charge is 2.00. The van der Waals surface area contributed by atoms with Gasteiger partial charge in [-0.3, -0.25) is 4.98 Å². The predicted octanol–water partition coefficient (Wildman–Crippen LogP) is 2.42. The minimum Gasteiger partial charge on any atom is -0.397 e. The number of nitrogens with two attached hydrogens (primary N) is 1. The summed E-state index contributed by atoms with van der Waals surface area (Å²) in [7, 11) is 0. The summed E-state index contributed by atoms with van der Waals surface area (Å²) in [6.45, 7) is 0.522. The Kier molecular flexibility index (Phi) is 3.00. The number of hydrogen-bond donors (Lipinski definition) is 2. The number of anilines is 2. The van der Waals surface area contributed by atoms with Crippen molar-refractivity contribution in [2.45, 2.75) is 6.54 Å². The third kappa shape index (κ3) is 2.48. The molecule has 0 aliphatic rings. The molecule has 0 saturated heterocycles. The van der Waals surface area contributed by atoms with Crippen molar-refractivity contribution in [1.29, 1.82) is 0 Å². The van der Waals surface area contributed by atoms with Gasteiger partial charge in [0.25, 0.3) is 0 Å². The highest BCUT2D eigenvalue weighted by molar-refractivity contribution is 5.65. The van der Waals surface area contributed by atoms with Crippen LogP contribution in [0.1, 0.15) is 5.69 Å². The first kappa shape index (κ1) is 10.4. The molecule has 2 aromatic rings. The van der Waals surface area contributed by atoms with Crippen molar-refractivity contribution in [1.82, 2.24) is 4.98 Å². The minimum absolute atomic E-state index is 0.308. The molecule has 1 heterocycles. The molecule has 0 unspecified atom stereocenters. The Bertz CT molecular complexity index is 471. The van der Waals surface area contributed by atoms with E-state index >= 15 is 0 Å². The number of halogens is 1. The minimum atomic E-state index is -0.308. The van der Waals surface area contributed by atoms with Crippen LogP contribution in [0.4, 0.5) is 15.8 Å². The second-order valence-electron chi connectivity index (χ2n) is 3.41. The molecular weight excluding hydrogens is 205 g/mol. The summed E-state index contributed by atoms with van der Waals surface area (Å²) in [6, 6.07) is 9.89. The Morgan fingerprint density at radius 2 is 2.12 bits per heavy atom. The van der Waals surface area contributed by atoms with Crippen molar-refractivity contribution in [3.05, 3.63) is 54.1 Å². The zero-order chi connectivity index (χ0) is 11.4. The molecule has 0 saturated carbocycles.